The third kappa shape index (κ3) is 7.24. The van der Waals surface area contributed by atoms with E-state index in [4.69, 9.17) is 19.2 Å². The average molecular weight is 835 g/mol. The van der Waals surface area contributed by atoms with E-state index in [0.29, 0.717) is 36.5 Å². The first kappa shape index (κ1) is 40.7. The number of phenolic OH excluding ortho intramolecular Hbond substituents is 1. The molecule has 3 aliphatic carbocycles. The molecule has 61 heavy (non-hydrogen) atoms. The average Bonchev–Trinajstić information content (AvgIpc) is 3.82. The van der Waals surface area contributed by atoms with Crippen LogP contribution in [0.25, 0.3) is 10.9 Å². The summed E-state index contributed by atoms with van der Waals surface area (Å²) in [6.07, 6.45) is 2.62. The van der Waals surface area contributed by atoms with Crippen LogP contribution in [0.3, 0.4) is 0 Å². The van der Waals surface area contributed by atoms with Crippen molar-refractivity contribution in [2.24, 2.45) is 10.9 Å². The van der Waals surface area contributed by atoms with E-state index in [1.807, 2.05) is 18.2 Å². The van der Waals surface area contributed by atoms with Crippen LogP contribution in [0.15, 0.2) is 59.6 Å². The smallest absolute Gasteiger partial charge is 0.417 e. The standard InChI is InChI=1S/C46H54N6O9/c1-43(2,3)60-41(54)49-40(51(42(55)61-44(4,5)6)25-28-9-13-30(14-10-28)52(57)58)47-19-17-26-11-15-33-31(21-26)32-23-46(56)35-22-29-12-16-34(53)38-36(29)45(46,39(59-38)37(32)48-33)18-20-50(35)24-27-7-8-27/h9-16,21,27,35,39,48,53,56H,7-8,17-20,22-25H2,1-6H3,(H,47,49,54)/t35-,39-,45-,46+/m0/s1. The van der Waals surface area contributed by atoms with Gasteiger partial charge in [0.2, 0.25) is 5.96 Å². The predicted molar refractivity (Wildman–Crippen MR) is 227 cm³/mol. The summed E-state index contributed by atoms with van der Waals surface area (Å²) in [6, 6.07) is 15.5. The summed E-state index contributed by atoms with van der Waals surface area (Å²) in [5.41, 5.74) is 2.78. The molecule has 4 atom stereocenters. The van der Waals surface area contributed by atoms with E-state index < -0.39 is 45.4 Å². The Morgan fingerprint density at radius 2 is 1.77 bits per heavy atom. The zero-order chi connectivity index (χ0) is 43.2. The van der Waals surface area contributed by atoms with E-state index in [2.05, 4.69) is 21.3 Å². The molecular weight excluding hydrogens is 781 g/mol. The number of benzene rings is 3. The number of piperidine rings is 1. The number of nitrogens with one attached hydrogen (secondary N) is 2. The highest BCUT2D eigenvalue weighted by Gasteiger charge is 2.73. The minimum Gasteiger partial charge on any atom is -0.504 e. The van der Waals surface area contributed by atoms with Crippen LogP contribution < -0.4 is 10.1 Å². The number of aliphatic imine (C=N–C) groups is 1. The van der Waals surface area contributed by atoms with Crippen molar-refractivity contribution in [2.75, 3.05) is 19.6 Å². The summed E-state index contributed by atoms with van der Waals surface area (Å²) < 4.78 is 18.1. The maximum Gasteiger partial charge on any atom is 0.417 e. The Kier molecular flexibility index (Phi) is 9.66. The molecule has 2 bridgehead atoms. The summed E-state index contributed by atoms with van der Waals surface area (Å²) >= 11 is 0. The summed E-state index contributed by atoms with van der Waals surface area (Å²) in [4.78, 5) is 50.0. The van der Waals surface area contributed by atoms with Gasteiger partial charge >= 0.3 is 12.2 Å². The number of H-pyrrole nitrogens is 1. The van der Waals surface area contributed by atoms with Crippen LogP contribution in [0.5, 0.6) is 11.5 Å². The molecule has 4 N–H and O–H groups in total. The number of nitro benzene ring substituents is 1. The number of rotatable bonds is 8. The lowest BCUT2D eigenvalue weighted by molar-refractivity contribution is -0.384. The second kappa shape index (κ2) is 14.5. The van der Waals surface area contributed by atoms with Gasteiger partial charge in [0, 0.05) is 54.2 Å². The van der Waals surface area contributed by atoms with Gasteiger partial charge in [0.25, 0.3) is 5.69 Å². The van der Waals surface area contributed by atoms with Gasteiger partial charge in [-0.2, -0.15) is 0 Å². The van der Waals surface area contributed by atoms with Crippen LogP contribution in [-0.2, 0) is 40.7 Å². The minimum absolute atomic E-state index is 0.0959. The van der Waals surface area contributed by atoms with Crippen LogP contribution in [0.4, 0.5) is 15.3 Å². The molecule has 1 saturated carbocycles. The molecule has 3 aromatic carbocycles. The van der Waals surface area contributed by atoms with Gasteiger partial charge in [0.1, 0.15) is 11.2 Å². The third-order valence-electron chi connectivity index (χ3n) is 12.9. The zero-order valence-electron chi connectivity index (χ0n) is 35.5. The molecule has 322 valence electrons. The number of nitrogens with zero attached hydrogens (tertiary/aromatic N) is 4. The van der Waals surface area contributed by atoms with Crippen LogP contribution in [0, 0.1) is 16.0 Å². The number of aromatic nitrogens is 1. The predicted octanol–water partition coefficient (Wildman–Crippen LogP) is 7.34. The Balaban J connectivity index is 1.04. The van der Waals surface area contributed by atoms with Gasteiger partial charge in [-0.25, -0.2) is 14.5 Å². The molecule has 0 unspecified atom stereocenters. The van der Waals surface area contributed by atoms with Crippen molar-refractivity contribution in [1.82, 2.24) is 20.1 Å². The van der Waals surface area contributed by atoms with Crippen LogP contribution in [0.1, 0.15) is 100 Å². The fourth-order valence-corrected chi connectivity index (χ4v) is 10.2. The molecule has 15 nitrogen and oxygen atoms in total. The quantitative estimate of drug-likeness (QED) is 0.0604. The molecule has 5 aliphatic rings. The summed E-state index contributed by atoms with van der Waals surface area (Å²) in [7, 11) is 0. The van der Waals surface area contributed by atoms with Crippen molar-refractivity contribution >= 4 is 34.7 Å². The highest BCUT2D eigenvalue weighted by atomic mass is 16.6. The number of nitro groups is 1. The number of hydrogen-bond donors (Lipinski definition) is 4. The Bertz CT molecular complexity index is 2460. The van der Waals surface area contributed by atoms with Crippen molar-refractivity contribution in [3.05, 3.63) is 98.2 Å². The van der Waals surface area contributed by atoms with E-state index in [0.717, 1.165) is 58.4 Å². The van der Waals surface area contributed by atoms with Gasteiger partial charge in [-0.3, -0.25) is 25.3 Å². The largest absolute Gasteiger partial charge is 0.504 e. The van der Waals surface area contributed by atoms with Crippen molar-refractivity contribution in [1.29, 1.82) is 0 Å². The van der Waals surface area contributed by atoms with Gasteiger partial charge in [-0.05, 0) is 127 Å². The van der Waals surface area contributed by atoms with E-state index >= 15 is 0 Å². The fraction of sp³-hybridized carbons (Fsp3) is 0.500. The molecule has 2 amide bonds. The molecule has 15 heteroatoms. The normalized spacial score (nSPS) is 24.1. The number of carbonyl (C=O) groups is 2. The Hall–Kier alpha value is -5.67. The number of phenols is 1. The van der Waals surface area contributed by atoms with Gasteiger partial charge in [0.05, 0.1) is 28.2 Å². The molecule has 1 aromatic heterocycles. The van der Waals surface area contributed by atoms with Crippen LogP contribution >= 0.6 is 0 Å². The second-order valence-electron chi connectivity index (χ2n) is 19.4. The van der Waals surface area contributed by atoms with Crippen molar-refractivity contribution in [2.45, 2.75) is 121 Å². The van der Waals surface area contributed by atoms with Crippen molar-refractivity contribution < 1.29 is 38.9 Å². The third-order valence-corrected chi connectivity index (χ3v) is 12.9. The Labute approximate surface area is 354 Å². The topological polar surface area (TPSA) is 192 Å². The maximum absolute atomic E-state index is 13.8. The SMILES string of the molecule is CC(C)(C)OC(=O)NC(=NCCc1ccc2[nH]c3c(c2c1)C[C@@]1(O)[C@@H]2Cc4ccc(O)c5c4[C@@]1(CCN2CC1CC1)[C@H]3O5)N(Cc1ccc([N+](=O)[O-])cc1)C(=O)OC(C)(C)C. The van der Waals surface area contributed by atoms with Gasteiger partial charge in [-0.1, -0.05) is 24.3 Å². The molecule has 1 spiro atoms. The van der Waals surface area contributed by atoms with Crippen LogP contribution in [0.2, 0.25) is 0 Å². The molecule has 0 radical (unpaired) electrons. The van der Waals surface area contributed by atoms with E-state index in [9.17, 15) is 29.9 Å². The summed E-state index contributed by atoms with van der Waals surface area (Å²) in [5.74, 6) is 1.16. The highest BCUT2D eigenvalue weighted by molar-refractivity contribution is 6.01. The van der Waals surface area contributed by atoms with E-state index in [-0.39, 0.29) is 36.5 Å². The lowest BCUT2D eigenvalue weighted by atomic mass is 9.49. The highest BCUT2D eigenvalue weighted by Crippen LogP contribution is 2.69. The van der Waals surface area contributed by atoms with E-state index in [1.165, 1.54) is 42.0 Å². The molecule has 9 rings (SSSR count). The molecule has 1 saturated heterocycles. The number of alkyl carbamates (subject to hydrolysis) is 1. The molecule has 3 heterocycles. The van der Waals surface area contributed by atoms with Crippen molar-refractivity contribution in [3.8, 4) is 11.5 Å². The first-order valence-corrected chi connectivity index (χ1v) is 21.2. The lowest BCUT2D eigenvalue weighted by Gasteiger charge is -2.62. The lowest BCUT2D eigenvalue weighted by Crippen LogP contribution is -2.74. The number of guanidine groups is 1. The molecule has 2 fully saturated rings. The Morgan fingerprint density at radius 1 is 1.05 bits per heavy atom. The monoisotopic (exact) mass is 834 g/mol. The number of non-ortho nitro benzene ring substituents is 1. The number of aromatic hydroxyl groups is 1. The molecule has 2 aliphatic heterocycles. The van der Waals surface area contributed by atoms with Gasteiger partial charge < -0.3 is 29.4 Å². The van der Waals surface area contributed by atoms with Crippen LogP contribution in [-0.4, -0.2) is 90.5 Å². The number of hydrogen-bond acceptors (Lipinski definition) is 11. The first-order valence-electron chi connectivity index (χ1n) is 21.2. The fourth-order valence-electron chi connectivity index (χ4n) is 10.2. The molecular formula is C46H54N6O9. The Morgan fingerprint density at radius 3 is 2.46 bits per heavy atom. The minimum atomic E-state index is -1.13. The summed E-state index contributed by atoms with van der Waals surface area (Å²) in [5, 5.41) is 39.4. The first-order chi connectivity index (χ1) is 28.8. The second-order valence-corrected chi connectivity index (χ2v) is 19.4. The zero-order valence-corrected chi connectivity index (χ0v) is 35.5. The number of ether oxygens (including phenoxy) is 3. The van der Waals surface area contributed by atoms with Crippen molar-refractivity contribution in [3.63, 3.8) is 0 Å². The number of fused-ring (bicyclic) bond motifs is 4. The number of aliphatic hydroxyl groups is 1. The number of likely N-dealkylation sites (tertiary alicyclic amines) is 1. The maximum atomic E-state index is 13.8. The van der Waals surface area contributed by atoms with Gasteiger partial charge in [-0.15, -0.1) is 0 Å². The van der Waals surface area contributed by atoms with Gasteiger partial charge in [0.15, 0.2) is 17.6 Å². The number of aromatic amines is 1. The molecule has 4 aromatic rings. The number of carbonyl (C=O) groups excluding carboxylic acids is 2. The number of amides is 2. The van der Waals surface area contributed by atoms with E-state index in [1.54, 1.807) is 47.6 Å². The summed E-state index contributed by atoms with van der Waals surface area (Å²) in [6.45, 7) is 12.2.